The Kier molecular flexibility index (Phi) is 19.1. The maximum absolute atomic E-state index is 11.1. The number of hydrogen-bond acceptors (Lipinski definition) is 9. The lowest BCUT2D eigenvalue weighted by molar-refractivity contribution is -0.144. The summed E-state index contributed by atoms with van der Waals surface area (Å²) in [6, 6.07) is 0. The molecular weight excluding hydrogens is 372 g/mol. The molecule has 0 aliphatic carbocycles. The fraction of sp³-hybridized carbons (Fsp3) is 0.789. The van der Waals surface area contributed by atoms with E-state index in [1.54, 1.807) is 13.8 Å². The van der Waals surface area contributed by atoms with Gasteiger partial charge in [0.25, 0.3) is 0 Å². The second-order valence-corrected chi connectivity index (χ2v) is 5.53. The maximum atomic E-state index is 11.1. The highest BCUT2D eigenvalue weighted by molar-refractivity contribution is 5.86. The molecule has 28 heavy (non-hydrogen) atoms. The molecule has 0 N–H and O–H groups in total. The lowest BCUT2D eigenvalue weighted by Gasteiger charge is -2.08. The first-order chi connectivity index (χ1) is 13.6. The first-order valence-corrected chi connectivity index (χ1v) is 9.44. The van der Waals surface area contributed by atoms with Crippen molar-refractivity contribution < 1.29 is 42.7 Å². The Hall–Kier alpha value is -1.52. The normalized spacial score (nSPS) is 10.6. The predicted molar refractivity (Wildman–Crippen MR) is 101 cm³/mol. The van der Waals surface area contributed by atoms with Gasteiger partial charge in [-0.2, -0.15) is 0 Å². The highest BCUT2D eigenvalue weighted by atomic mass is 16.6. The minimum absolute atomic E-state index is 0.200. The third-order valence-electron chi connectivity index (χ3n) is 3.05. The fourth-order valence-electron chi connectivity index (χ4n) is 1.69. The minimum Gasteiger partial charge on any atom is -0.466 e. The Labute approximate surface area is 167 Å². The molecule has 0 spiro atoms. The Morgan fingerprint density at radius 3 is 1.43 bits per heavy atom. The summed E-state index contributed by atoms with van der Waals surface area (Å²) in [4.78, 5) is 22.2. The molecule has 0 rings (SSSR count). The smallest absolute Gasteiger partial charge is 0.333 e. The molecule has 0 saturated heterocycles. The Morgan fingerprint density at radius 2 is 1.04 bits per heavy atom. The molecule has 0 radical (unpaired) electrons. The number of hydrogen-bond donors (Lipinski definition) is 0. The highest BCUT2D eigenvalue weighted by Crippen LogP contribution is 1.92. The van der Waals surface area contributed by atoms with Crippen molar-refractivity contribution in [2.24, 2.45) is 0 Å². The van der Waals surface area contributed by atoms with Gasteiger partial charge in [-0.1, -0.05) is 6.58 Å². The van der Waals surface area contributed by atoms with Gasteiger partial charge in [-0.15, -0.1) is 0 Å². The van der Waals surface area contributed by atoms with Crippen LogP contribution < -0.4 is 0 Å². The molecule has 0 aromatic carbocycles. The summed E-state index contributed by atoms with van der Waals surface area (Å²) in [7, 11) is 0. The first kappa shape index (κ1) is 26.5. The number of carbonyl (C=O) groups is 2. The van der Waals surface area contributed by atoms with Crippen LogP contribution in [0.2, 0.25) is 0 Å². The van der Waals surface area contributed by atoms with E-state index in [0.717, 1.165) is 0 Å². The molecule has 0 aromatic heterocycles. The molecule has 0 atom stereocenters. The summed E-state index contributed by atoms with van der Waals surface area (Å²) in [6.07, 6.45) is 0.254. The van der Waals surface area contributed by atoms with Crippen LogP contribution in [-0.2, 0) is 42.7 Å². The van der Waals surface area contributed by atoms with Crippen LogP contribution in [0.15, 0.2) is 12.2 Å². The van der Waals surface area contributed by atoms with Crippen LogP contribution in [0.1, 0.15) is 20.3 Å². The van der Waals surface area contributed by atoms with Crippen LogP contribution in [0, 0.1) is 0 Å². The van der Waals surface area contributed by atoms with Gasteiger partial charge < -0.3 is 33.2 Å². The highest BCUT2D eigenvalue weighted by Gasteiger charge is 2.02. The van der Waals surface area contributed by atoms with E-state index >= 15 is 0 Å². The maximum Gasteiger partial charge on any atom is 0.333 e. The molecule has 0 aliphatic rings. The SMILES string of the molecule is C=C(C)C(=O)OCCOCCOCCOCCOCCOCCC(=O)OCC. The molecular formula is C19H34O9. The van der Waals surface area contributed by atoms with E-state index in [-0.39, 0.29) is 19.0 Å². The van der Waals surface area contributed by atoms with E-state index in [1.165, 1.54) is 0 Å². The molecule has 9 nitrogen and oxygen atoms in total. The average molecular weight is 406 g/mol. The Morgan fingerprint density at radius 1 is 0.643 bits per heavy atom. The molecule has 0 unspecified atom stereocenters. The van der Waals surface area contributed by atoms with Crippen LogP contribution in [0.25, 0.3) is 0 Å². The van der Waals surface area contributed by atoms with Gasteiger partial charge in [0.15, 0.2) is 0 Å². The fourth-order valence-corrected chi connectivity index (χ4v) is 1.69. The van der Waals surface area contributed by atoms with Gasteiger partial charge in [0.1, 0.15) is 6.61 Å². The van der Waals surface area contributed by atoms with E-state index in [4.69, 9.17) is 33.2 Å². The van der Waals surface area contributed by atoms with Crippen molar-refractivity contribution >= 4 is 11.9 Å². The second-order valence-electron chi connectivity index (χ2n) is 5.53. The van der Waals surface area contributed by atoms with E-state index < -0.39 is 5.97 Å². The zero-order valence-electron chi connectivity index (χ0n) is 17.1. The summed E-state index contributed by atoms with van der Waals surface area (Å²) in [6.45, 7) is 11.7. The van der Waals surface area contributed by atoms with E-state index in [2.05, 4.69) is 6.58 Å². The van der Waals surface area contributed by atoms with Crippen molar-refractivity contribution in [1.29, 1.82) is 0 Å². The van der Waals surface area contributed by atoms with E-state index in [9.17, 15) is 9.59 Å². The van der Waals surface area contributed by atoms with Crippen LogP contribution >= 0.6 is 0 Å². The summed E-state index contributed by atoms with van der Waals surface area (Å²) in [5.41, 5.74) is 0.369. The molecule has 0 aliphatic heterocycles. The van der Waals surface area contributed by atoms with Gasteiger partial charge in [-0.05, 0) is 13.8 Å². The number of esters is 2. The Balaban J connectivity index is 3.11. The predicted octanol–water partition coefficient (Wildman–Crippen LogP) is 1.14. The Bertz CT molecular complexity index is 412. The summed E-state index contributed by atoms with van der Waals surface area (Å²) < 4.78 is 36.2. The van der Waals surface area contributed by atoms with E-state index in [0.29, 0.717) is 78.2 Å². The molecule has 0 fully saturated rings. The van der Waals surface area contributed by atoms with Gasteiger partial charge >= 0.3 is 11.9 Å². The monoisotopic (exact) mass is 406 g/mol. The molecule has 0 heterocycles. The molecule has 0 saturated carbocycles. The number of carbonyl (C=O) groups excluding carboxylic acids is 2. The standard InChI is InChI=1S/C19H34O9/c1-4-27-18(20)5-6-22-7-8-23-9-10-24-11-12-25-13-14-26-15-16-28-19(21)17(2)3/h2,4-16H2,1,3H3. The van der Waals surface area contributed by atoms with Crippen LogP contribution in [0.3, 0.4) is 0 Å². The van der Waals surface area contributed by atoms with Crippen molar-refractivity contribution in [3.8, 4) is 0 Å². The molecule has 0 amide bonds. The molecule has 0 bridgehead atoms. The lowest BCUT2D eigenvalue weighted by atomic mass is 10.4. The first-order valence-electron chi connectivity index (χ1n) is 9.44. The molecule has 9 heteroatoms. The summed E-state index contributed by atoms with van der Waals surface area (Å²) in [5, 5.41) is 0. The molecule has 164 valence electrons. The van der Waals surface area contributed by atoms with Gasteiger partial charge in [0.05, 0.1) is 79.1 Å². The van der Waals surface area contributed by atoms with Crippen LogP contribution in [0.5, 0.6) is 0 Å². The van der Waals surface area contributed by atoms with Crippen LogP contribution in [0.4, 0.5) is 0 Å². The average Bonchev–Trinajstić information content (AvgIpc) is 2.66. The van der Waals surface area contributed by atoms with Crippen molar-refractivity contribution in [3.05, 3.63) is 12.2 Å². The van der Waals surface area contributed by atoms with E-state index in [1.807, 2.05) is 0 Å². The minimum atomic E-state index is -0.414. The lowest BCUT2D eigenvalue weighted by Crippen LogP contribution is -2.15. The summed E-state index contributed by atoms with van der Waals surface area (Å²) in [5.74, 6) is -0.669. The topological polar surface area (TPSA) is 98.8 Å². The number of rotatable bonds is 20. The van der Waals surface area contributed by atoms with Crippen molar-refractivity contribution in [2.75, 3.05) is 79.3 Å². The van der Waals surface area contributed by atoms with Gasteiger partial charge in [0.2, 0.25) is 0 Å². The number of ether oxygens (including phenoxy) is 7. The van der Waals surface area contributed by atoms with Crippen molar-refractivity contribution in [2.45, 2.75) is 20.3 Å². The van der Waals surface area contributed by atoms with Gasteiger partial charge in [0, 0.05) is 5.57 Å². The van der Waals surface area contributed by atoms with Crippen molar-refractivity contribution in [1.82, 2.24) is 0 Å². The third kappa shape index (κ3) is 19.2. The van der Waals surface area contributed by atoms with Gasteiger partial charge in [-0.3, -0.25) is 4.79 Å². The van der Waals surface area contributed by atoms with Crippen molar-refractivity contribution in [3.63, 3.8) is 0 Å². The molecule has 0 aromatic rings. The zero-order chi connectivity index (χ0) is 20.9. The zero-order valence-corrected chi connectivity index (χ0v) is 17.1. The quantitative estimate of drug-likeness (QED) is 0.167. The second kappa shape index (κ2) is 20.2. The van der Waals surface area contributed by atoms with Crippen LogP contribution in [-0.4, -0.2) is 91.2 Å². The summed E-state index contributed by atoms with van der Waals surface area (Å²) >= 11 is 0. The van der Waals surface area contributed by atoms with Gasteiger partial charge in [-0.25, -0.2) is 4.79 Å². The third-order valence-corrected chi connectivity index (χ3v) is 3.05. The largest absolute Gasteiger partial charge is 0.466 e.